The Kier molecular flexibility index (Phi) is 4.66. The number of primary amides is 1. The number of rotatable bonds is 6. The van der Waals surface area contributed by atoms with E-state index in [4.69, 9.17) is 5.73 Å². The Morgan fingerprint density at radius 2 is 2.10 bits per heavy atom. The van der Waals surface area contributed by atoms with Gasteiger partial charge < -0.3 is 11.1 Å². The molecule has 0 aromatic heterocycles. The number of amides is 1. The van der Waals surface area contributed by atoms with Crippen LogP contribution in [-0.4, -0.2) is 37.3 Å². The summed E-state index contributed by atoms with van der Waals surface area (Å²) in [6.07, 6.45) is 1.08. The molecule has 1 aromatic rings. The second-order valence-corrected chi connectivity index (χ2v) is 6.68. The number of nitrogens with two attached hydrogens (primary N) is 1. The van der Waals surface area contributed by atoms with Crippen molar-refractivity contribution in [2.45, 2.75) is 13.0 Å². The van der Waals surface area contributed by atoms with Crippen LogP contribution >= 0.6 is 0 Å². The van der Waals surface area contributed by atoms with Gasteiger partial charge in [-0.15, -0.1) is 0 Å². The second kappa shape index (κ2) is 5.87. The highest BCUT2D eigenvalue weighted by Gasteiger charge is 2.19. The molecule has 1 rings (SSSR count). The van der Waals surface area contributed by atoms with Crippen molar-refractivity contribution in [3.05, 3.63) is 33.9 Å². The Balaban J connectivity index is 3.06. The van der Waals surface area contributed by atoms with Crippen LogP contribution in [0.3, 0.4) is 0 Å². The zero-order valence-corrected chi connectivity index (χ0v) is 11.8. The number of nitrogens with one attached hydrogen (secondary N) is 1. The number of nitrogens with zero attached hydrogens (tertiary/aromatic N) is 1. The predicted octanol–water partition coefficient (Wildman–Crippen LogP) is 0.539. The molecular formula is C11H15N3O5S. The number of nitro groups is 1. The molecule has 0 radical (unpaired) electrons. The minimum atomic E-state index is -3.20. The Labute approximate surface area is 116 Å². The first-order chi connectivity index (χ1) is 9.10. The molecule has 20 heavy (non-hydrogen) atoms. The van der Waals surface area contributed by atoms with Gasteiger partial charge in [-0.3, -0.25) is 14.9 Å². The van der Waals surface area contributed by atoms with Gasteiger partial charge in [-0.05, 0) is 19.1 Å². The average molecular weight is 301 g/mol. The van der Waals surface area contributed by atoms with E-state index in [0.717, 1.165) is 12.3 Å². The Morgan fingerprint density at radius 3 is 2.55 bits per heavy atom. The lowest BCUT2D eigenvalue weighted by Crippen LogP contribution is -2.25. The molecular weight excluding hydrogens is 286 g/mol. The molecule has 0 saturated heterocycles. The molecule has 1 unspecified atom stereocenters. The molecule has 0 aliphatic rings. The van der Waals surface area contributed by atoms with Crippen molar-refractivity contribution in [2.24, 2.45) is 5.73 Å². The van der Waals surface area contributed by atoms with Gasteiger partial charge in [-0.25, -0.2) is 8.42 Å². The molecule has 1 aromatic carbocycles. The normalized spacial score (nSPS) is 12.7. The lowest BCUT2D eigenvalue weighted by molar-refractivity contribution is -0.384. The van der Waals surface area contributed by atoms with Gasteiger partial charge in [0.1, 0.15) is 15.5 Å². The molecule has 0 spiro atoms. The topological polar surface area (TPSA) is 132 Å². The molecule has 1 atom stereocenters. The summed E-state index contributed by atoms with van der Waals surface area (Å²) in [7, 11) is -3.20. The summed E-state index contributed by atoms with van der Waals surface area (Å²) in [6, 6.07) is 3.21. The van der Waals surface area contributed by atoms with Crippen LogP contribution in [0.1, 0.15) is 17.3 Å². The van der Waals surface area contributed by atoms with E-state index >= 15 is 0 Å². The quantitative estimate of drug-likeness (QED) is 0.582. The van der Waals surface area contributed by atoms with E-state index < -0.39 is 26.7 Å². The van der Waals surface area contributed by atoms with E-state index in [1.54, 1.807) is 6.92 Å². The number of carbonyl (C=O) groups is 1. The van der Waals surface area contributed by atoms with E-state index in [1.165, 1.54) is 12.1 Å². The number of nitro benzene ring substituents is 1. The fourth-order valence-corrected chi connectivity index (χ4v) is 2.71. The van der Waals surface area contributed by atoms with Crippen molar-refractivity contribution in [3.8, 4) is 0 Å². The smallest absolute Gasteiger partial charge is 0.293 e. The third-order valence-electron chi connectivity index (χ3n) is 2.43. The number of sulfone groups is 1. The van der Waals surface area contributed by atoms with Crippen LogP contribution in [0.2, 0.25) is 0 Å². The summed E-state index contributed by atoms with van der Waals surface area (Å²) in [6.45, 7) is 1.59. The van der Waals surface area contributed by atoms with Gasteiger partial charge in [0.2, 0.25) is 5.91 Å². The maximum Gasteiger partial charge on any atom is 0.293 e. The summed E-state index contributed by atoms with van der Waals surface area (Å²) >= 11 is 0. The fraction of sp³-hybridized carbons (Fsp3) is 0.364. The van der Waals surface area contributed by atoms with Crippen LogP contribution in [0, 0.1) is 10.1 Å². The first kappa shape index (κ1) is 15.9. The van der Waals surface area contributed by atoms with Crippen molar-refractivity contribution in [1.82, 2.24) is 0 Å². The molecule has 0 aliphatic heterocycles. The van der Waals surface area contributed by atoms with Gasteiger partial charge in [0.05, 0.1) is 10.7 Å². The van der Waals surface area contributed by atoms with Crippen LogP contribution in [0.4, 0.5) is 11.4 Å². The Bertz CT molecular complexity index is 641. The zero-order chi connectivity index (χ0) is 15.5. The predicted molar refractivity (Wildman–Crippen MR) is 74.4 cm³/mol. The van der Waals surface area contributed by atoms with Crippen LogP contribution in [-0.2, 0) is 9.84 Å². The van der Waals surface area contributed by atoms with Crippen LogP contribution in [0.25, 0.3) is 0 Å². The van der Waals surface area contributed by atoms with Crippen LogP contribution < -0.4 is 11.1 Å². The van der Waals surface area contributed by atoms with Crippen molar-refractivity contribution in [2.75, 3.05) is 17.3 Å². The van der Waals surface area contributed by atoms with E-state index in [2.05, 4.69) is 5.32 Å². The summed E-state index contributed by atoms with van der Waals surface area (Å²) in [5.74, 6) is -0.939. The molecule has 1 amide bonds. The minimum absolute atomic E-state index is 0.0121. The highest BCUT2D eigenvalue weighted by Crippen LogP contribution is 2.26. The SMILES string of the molecule is CC(CS(C)(=O)=O)Nc1ccc(C(N)=O)cc1[N+](=O)[O-]. The van der Waals surface area contributed by atoms with Crippen molar-refractivity contribution >= 4 is 27.1 Å². The standard InChI is InChI=1S/C11H15N3O5S/c1-7(6-20(2,18)19)13-9-4-3-8(11(12)15)5-10(9)14(16)17/h3-5,7,13H,6H2,1-2H3,(H2,12,15). The van der Waals surface area contributed by atoms with Gasteiger partial charge in [0.25, 0.3) is 5.69 Å². The van der Waals surface area contributed by atoms with Crippen molar-refractivity contribution < 1.29 is 18.1 Å². The second-order valence-electron chi connectivity index (χ2n) is 4.49. The molecule has 8 nitrogen and oxygen atoms in total. The summed E-state index contributed by atoms with van der Waals surface area (Å²) in [5, 5.41) is 13.7. The lowest BCUT2D eigenvalue weighted by atomic mass is 10.1. The first-order valence-corrected chi connectivity index (χ1v) is 7.68. The van der Waals surface area contributed by atoms with Crippen LogP contribution in [0.15, 0.2) is 18.2 Å². The van der Waals surface area contributed by atoms with Gasteiger partial charge >= 0.3 is 0 Å². The number of carbonyl (C=O) groups excluding carboxylic acids is 1. The first-order valence-electron chi connectivity index (χ1n) is 5.62. The molecule has 0 aliphatic carbocycles. The number of anilines is 1. The number of hydrogen-bond acceptors (Lipinski definition) is 6. The van der Waals surface area contributed by atoms with Crippen molar-refractivity contribution in [1.29, 1.82) is 0 Å². The van der Waals surface area contributed by atoms with Crippen LogP contribution in [0.5, 0.6) is 0 Å². The summed E-state index contributed by atoms with van der Waals surface area (Å²) < 4.78 is 22.3. The summed E-state index contributed by atoms with van der Waals surface area (Å²) in [5.41, 5.74) is 4.87. The molecule has 3 N–H and O–H groups in total. The lowest BCUT2D eigenvalue weighted by Gasteiger charge is -2.14. The van der Waals surface area contributed by atoms with E-state index in [1.807, 2.05) is 0 Å². The van der Waals surface area contributed by atoms with E-state index in [-0.39, 0.29) is 22.7 Å². The average Bonchev–Trinajstić information content (AvgIpc) is 2.25. The van der Waals surface area contributed by atoms with Crippen molar-refractivity contribution in [3.63, 3.8) is 0 Å². The fourth-order valence-electron chi connectivity index (χ4n) is 1.72. The minimum Gasteiger partial charge on any atom is -0.376 e. The molecule has 0 bridgehead atoms. The zero-order valence-electron chi connectivity index (χ0n) is 11.0. The van der Waals surface area contributed by atoms with Gasteiger partial charge in [-0.2, -0.15) is 0 Å². The molecule has 0 saturated carbocycles. The monoisotopic (exact) mass is 301 g/mol. The van der Waals surface area contributed by atoms with Gasteiger partial charge in [0, 0.05) is 23.9 Å². The highest BCUT2D eigenvalue weighted by atomic mass is 32.2. The third kappa shape index (κ3) is 4.50. The molecule has 0 fully saturated rings. The third-order valence-corrected chi connectivity index (χ3v) is 3.54. The number of hydrogen-bond donors (Lipinski definition) is 2. The largest absolute Gasteiger partial charge is 0.376 e. The van der Waals surface area contributed by atoms with E-state index in [0.29, 0.717) is 0 Å². The maximum absolute atomic E-state index is 11.2. The van der Waals surface area contributed by atoms with Gasteiger partial charge in [-0.1, -0.05) is 0 Å². The molecule has 9 heteroatoms. The highest BCUT2D eigenvalue weighted by molar-refractivity contribution is 7.90. The summed E-state index contributed by atoms with van der Waals surface area (Å²) in [4.78, 5) is 21.3. The maximum atomic E-state index is 11.2. The number of benzene rings is 1. The molecule has 110 valence electrons. The van der Waals surface area contributed by atoms with E-state index in [9.17, 15) is 23.3 Å². The Morgan fingerprint density at radius 1 is 1.50 bits per heavy atom. The Hall–Kier alpha value is -2.16. The molecule has 0 heterocycles. The van der Waals surface area contributed by atoms with Gasteiger partial charge in [0.15, 0.2) is 0 Å².